The van der Waals surface area contributed by atoms with Gasteiger partial charge in [0.25, 0.3) is 0 Å². The fourth-order valence-electron chi connectivity index (χ4n) is 3.65. The highest BCUT2D eigenvalue weighted by molar-refractivity contribution is 6.30. The molecule has 0 N–H and O–H groups in total. The van der Waals surface area contributed by atoms with Gasteiger partial charge in [-0.2, -0.15) is 5.10 Å². The summed E-state index contributed by atoms with van der Waals surface area (Å²) in [6.07, 6.45) is 6.52. The van der Waals surface area contributed by atoms with Crippen molar-refractivity contribution >= 4 is 17.5 Å². The van der Waals surface area contributed by atoms with Crippen molar-refractivity contribution in [2.75, 3.05) is 19.7 Å². The second-order valence-corrected chi connectivity index (χ2v) is 6.97. The van der Waals surface area contributed by atoms with Crippen LogP contribution in [0.15, 0.2) is 36.7 Å². The molecule has 0 aliphatic carbocycles. The van der Waals surface area contributed by atoms with E-state index in [1.165, 1.54) is 0 Å². The molecule has 1 aromatic carbocycles. The summed E-state index contributed by atoms with van der Waals surface area (Å²) in [5.41, 5.74) is 1.02. The molecule has 1 aromatic heterocycles. The van der Waals surface area contributed by atoms with E-state index in [2.05, 4.69) is 5.10 Å². The van der Waals surface area contributed by atoms with E-state index in [1.807, 2.05) is 40.0 Å². The van der Waals surface area contributed by atoms with Crippen molar-refractivity contribution in [3.05, 3.63) is 47.2 Å². The van der Waals surface area contributed by atoms with E-state index in [0.717, 1.165) is 37.2 Å². The van der Waals surface area contributed by atoms with E-state index in [4.69, 9.17) is 16.3 Å². The lowest BCUT2D eigenvalue weighted by atomic mass is 9.94. The number of halogens is 1. The van der Waals surface area contributed by atoms with Crippen LogP contribution in [0.3, 0.4) is 0 Å². The van der Waals surface area contributed by atoms with E-state index in [1.54, 1.807) is 6.20 Å². The van der Waals surface area contributed by atoms with Crippen LogP contribution in [0.4, 0.5) is 0 Å². The van der Waals surface area contributed by atoms with Gasteiger partial charge in [-0.05, 0) is 49.1 Å². The van der Waals surface area contributed by atoms with Gasteiger partial charge in [0.2, 0.25) is 5.91 Å². The number of amides is 1. The Hall–Kier alpha value is -2.01. The van der Waals surface area contributed by atoms with E-state index >= 15 is 0 Å². The molecule has 0 saturated carbocycles. The minimum Gasteiger partial charge on any atom is -0.492 e. The van der Waals surface area contributed by atoms with Crippen molar-refractivity contribution in [1.82, 2.24) is 14.7 Å². The molecular formula is C18H20ClN3O2. The first-order chi connectivity index (χ1) is 11.7. The Balaban J connectivity index is 1.46. The second kappa shape index (κ2) is 6.48. The summed E-state index contributed by atoms with van der Waals surface area (Å²) in [4.78, 5) is 14.9. The molecule has 0 bridgehead atoms. The van der Waals surface area contributed by atoms with Gasteiger partial charge in [-0.15, -0.1) is 0 Å². The van der Waals surface area contributed by atoms with Crippen LogP contribution in [0.25, 0.3) is 0 Å². The zero-order valence-electron chi connectivity index (χ0n) is 13.4. The third kappa shape index (κ3) is 3.00. The molecule has 2 aliphatic heterocycles. The summed E-state index contributed by atoms with van der Waals surface area (Å²) in [6, 6.07) is 7.80. The lowest BCUT2D eigenvalue weighted by Crippen LogP contribution is -2.46. The molecule has 5 nitrogen and oxygen atoms in total. The average Bonchev–Trinajstić information content (AvgIpc) is 3.15. The molecular weight excluding hydrogens is 326 g/mol. The Morgan fingerprint density at radius 2 is 2.29 bits per heavy atom. The number of hydrogen-bond donors (Lipinski definition) is 0. The Bertz CT molecular complexity index is 732. The van der Waals surface area contributed by atoms with Crippen LogP contribution in [0, 0.1) is 5.92 Å². The number of likely N-dealkylation sites (tertiary alicyclic amines) is 1. The summed E-state index contributed by atoms with van der Waals surface area (Å²) < 4.78 is 7.74. The fraction of sp³-hybridized carbons (Fsp3) is 0.444. The van der Waals surface area contributed by atoms with Crippen molar-refractivity contribution in [1.29, 1.82) is 0 Å². The highest BCUT2D eigenvalue weighted by Crippen LogP contribution is 2.31. The highest BCUT2D eigenvalue weighted by Gasteiger charge is 2.32. The molecule has 24 heavy (non-hydrogen) atoms. The first-order valence-electron chi connectivity index (χ1n) is 8.40. The smallest absolute Gasteiger partial charge is 0.229 e. The Morgan fingerprint density at radius 3 is 3.12 bits per heavy atom. The van der Waals surface area contributed by atoms with Gasteiger partial charge in [0, 0.05) is 30.5 Å². The van der Waals surface area contributed by atoms with Crippen LogP contribution in [-0.4, -0.2) is 40.3 Å². The molecule has 4 rings (SSSR count). The first kappa shape index (κ1) is 15.5. The molecule has 1 amide bonds. The molecule has 2 aliphatic rings. The Morgan fingerprint density at radius 1 is 1.38 bits per heavy atom. The number of carbonyl (C=O) groups is 1. The number of hydrogen-bond acceptors (Lipinski definition) is 3. The number of fused-ring (bicyclic) bond motifs is 1. The second-order valence-electron chi connectivity index (χ2n) is 6.53. The third-order valence-corrected chi connectivity index (χ3v) is 5.12. The predicted molar refractivity (Wildman–Crippen MR) is 91.2 cm³/mol. The highest BCUT2D eigenvalue weighted by atomic mass is 35.5. The zero-order chi connectivity index (χ0) is 16.5. The Labute approximate surface area is 146 Å². The molecule has 0 spiro atoms. The van der Waals surface area contributed by atoms with E-state index in [-0.39, 0.29) is 17.9 Å². The molecule has 1 saturated heterocycles. The SMILES string of the molecule is O=C([C@@H]1COc2ccc(Cl)cc2C1)N1CCC[C@H](n2cccn2)C1. The van der Waals surface area contributed by atoms with Crippen molar-refractivity contribution in [2.24, 2.45) is 5.92 Å². The molecule has 0 unspecified atom stereocenters. The fourth-order valence-corrected chi connectivity index (χ4v) is 3.84. The molecule has 3 heterocycles. The van der Waals surface area contributed by atoms with E-state index < -0.39 is 0 Å². The number of carbonyl (C=O) groups excluding carboxylic acids is 1. The number of rotatable bonds is 2. The van der Waals surface area contributed by atoms with Gasteiger partial charge in [-0.25, -0.2) is 0 Å². The molecule has 2 atom stereocenters. The minimum atomic E-state index is -0.132. The lowest BCUT2D eigenvalue weighted by molar-refractivity contribution is -0.138. The van der Waals surface area contributed by atoms with Gasteiger partial charge < -0.3 is 9.64 Å². The predicted octanol–water partition coefficient (Wildman–Crippen LogP) is 2.95. The van der Waals surface area contributed by atoms with Gasteiger partial charge in [0.15, 0.2) is 0 Å². The Kier molecular flexibility index (Phi) is 4.19. The summed E-state index contributed by atoms with van der Waals surface area (Å²) in [5.74, 6) is 0.890. The van der Waals surface area contributed by atoms with Crippen LogP contribution < -0.4 is 4.74 Å². The van der Waals surface area contributed by atoms with Gasteiger partial charge in [-0.1, -0.05) is 11.6 Å². The normalized spacial score (nSPS) is 23.5. The molecule has 0 radical (unpaired) electrons. The topological polar surface area (TPSA) is 47.4 Å². The average molecular weight is 346 g/mol. The number of ether oxygens (including phenoxy) is 1. The third-order valence-electron chi connectivity index (χ3n) is 4.89. The largest absolute Gasteiger partial charge is 0.492 e. The lowest BCUT2D eigenvalue weighted by Gasteiger charge is -2.36. The van der Waals surface area contributed by atoms with Crippen LogP contribution in [0.5, 0.6) is 5.75 Å². The monoisotopic (exact) mass is 345 g/mol. The van der Waals surface area contributed by atoms with Gasteiger partial charge in [-0.3, -0.25) is 9.48 Å². The standard InChI is InChI=1S/C18H20ClN3O2/c19-15-4-5-17-13(10-15)9-14(12-24-17)18(23)21-7-1-3-16(11-21)22-8-2-6-20-22/h2,4-6,8,10,14,16H,1,3,7,9,11-12H2/t14-,16-/m0/s1. The van der Waals surface area contributed by atoms with Gasteiger partial charge >= 0.3 is 0 Å². The molecule has 6 heteroatoms. The summed E-state index contributed by atoms with van der Waals surface area (Å²) in [5, 5.41) is 5.01. The van der Waals surface area contributed by atoms with Crippen LogP contribution in [0.1, 0.15) is 24.4 Å². The van der Waals surface area contributed by atoms with Gasteiger partial charge in [0.1, 0.15) is 12.4 Å². The maximum atomic E-state index is 12.9. The maximum absolute atomic E-state index is 12.9. The molecule has 2 aromatic rings. The minimum absolute atomic E-state index is 0.132. The number of nitrogens with zero attached hydrogens (tertiary/aromatic N) is 3. The molecule has 126 valence electrons. The quantitative estimate of drug-likeness (QED) is 0.840. The van der Waals surface area contributed by atoms with Crippen LogP contribution in [0.2, 0.25) is 5.02 Å². The summed E-state index contributed by atoms with van der Waals surface area (Å²) in [6.45, 7) is 1.98. The first-order valence-corrected chi connectivity index (χ1v) is 8.77. The van der Waals surface area contributed by atoms with E-state index in [9.17, 15) is 4.79 Å². The maximum Gasteiger partial charge on any atom is 0.229 e. The van der Waals surface area contributed by atoms with Crippen molar-refractivity contribution < 1.29 is 9.53 Å². The molecule has 1 fully saturated rings. The number of piperidine rings is 1. The van der Waals surface area contributed by atoms with Crippen LogP contribution >= 0.6 is 11.6 Å². The van der Waals surface area contributed by atoms with Crippen molar-refractivity contribution in [2.45, 2.75) is 25.3 Å². The number of aromatic nitrogens is 2. The van der Waals surface area contributed by atoms with Crippen molar-refractivity contribution in [3.8, 4) is 5.75 Å². The summed E-state index contributed by atoms with van der Waals surface area (Å²) >= 11 is 6.07. The number of benzene rings is 1. The van der Waals surface area contributed by atoms with E-state index in [0.29, 0.717) is 18.1 Å². The van der Waals surface area contributed by atoms with Crippen LogP contribution in [-0.2, 0) is 11.2 Å². The van der Waals surface area contributed by atoms with Gasteiger partial charge in [0.05, 0.1) is 12.0 Å². The zero-order valence-corrected chi connectivity index (χ0v) is 14.2. The summed E-state index contributed by atoms with van der Waals surface area (Å²) in [7, 11) is 0. The van der Waals surface area contributed by atoms with Crippen molar-refractivity contribution in [3.63, 3.8) is 0 Å².